The minimum absolute atomic E-state index is 0.317. The molecule has 1 amide bonds. The van der Waals surface area contributed by atoms with E-state index in [1.165, 1.54) is 25.7 Å². The maximum atomic E-state index is 12.2. The number of hydrogen-bond acceptors (Lipinski definition) is 3. The zero-order chi connectivity index (χ0) is 12.3. The fraction of sp³-hybridized carbons (Fsp3) is 0.923. The van der Waals surface area contributed by atoms with Crippen LogP contribution < -0.4 is 5.32 Å². The van der Waals surface area contributed by atoms with Crippen LogP contribution >= 0.6 is 0 Å². The van der Waals surface area contributed by atoms with Crippen molar-refractivity contribution in [2.75, 3.05) is 33.7 Å². The predicted octanol–water partition coefficient (Wildman–Crippen LogP) is 0.681. The highest BCUT2D eigenvalue weighted by Gasteiger charge is 2.27. The van der Waals surface area contributed by atoms with Gasteiger partial charge >= 0.3 is 0 Å². The van der Waals surface area contributed by atoms with E-state index in [0.29, 0.717) is 24.4 Å². The first-order chi connectivity index (χ1) is 8.18. The van der Waals surface area contributed by atoms with Gasteiger partial charge in [0.1, 0.15) is 0 Å². The van der Waals surface area contributed by atoms with Crippen LogP contribution in [-0.4, -0.2) is 61.5 Å². The van der Waals surface area contributed by atoms with Crippen LogP contribution in [0.1, 0.15) is 32.1 Å². The SMILES string of the molecule is CN1CCNCC1CC(=O)N(C)C1CCCC1. The molecule has 2 aliphatic rings. The number of nitrogens with one attached hydrogen (secondary N) is 1. The Bertz CT molecular complexity index is 263. The molecule has 0 aromatic heterocycles. The monoisotopic (exact) mass is 239 g/mol. The van der Waals surface area contributed by atoms with E-state index in [1.54, 1.807) is 0 Å². The fourth-order valence-electron chi connectivity index (χ4n) is 2.93. The van der Waals surface area contributed by atoms with Crippen molar-refractivity contribution < 1.29 is 4.79 Å². The molecule has 17 heavy (non-hydrogen) atoms. The highest BCUT2D eigenvalue weighted by Crippen LogP contribution is 2.23. The summed E-state index contributed by atoms with van der Waals surface area (Å²) in [6.45, 7) is 3.03. The third kappa shape index (κ3) is 3.19. The Balaban J connectivity index is 1.82. The summed E-state index contributed by atoms with van der Waals surface area (Å²) in [5.41, 5.74) is 0. The minimum Gasteiger partial charge on any atom is -0.343 e. The number of amides is 1. The van der Waals surface area contributed by atoms with Gasteiger partial charge in [-0.1, -0.05) is 12.8 Å². The summed E-state index contributed by atoms with van der Waals surface area (Å²) < 4.78 is 0. The molecule has 1 unspecified atom stereocenters. The highest BCUT2D eigenvalue weighted by atomic mass is 16.2. The Labute approximate surface area is 104 Å². The van der Waals surface area contributed by atoms with Crippen molar-refractivity contribution in [1.82, 2.24) is 15.1 Å². The smallest absolute Gasteiger partial charge is 0.224 e. The van der Waals surface area contributed by atoms with E-state index in [-0.39, 0.29) is 0 Å². The lowest BCUT2D eigenvalue weighted by atomic mass is 10.1. The van der Waals surface area contributed by atoms with Gasteiger partial charge in [0, 0.05) is 45.2 Å². The van der Waals surface area contributed by atoms with Gasteiger partial charge in [0.05, 0.1) is 0 Å². The van der Waals surface area contributed by atoms with Crippen molar-refractivity contribution >= 4 is 5.91 Å². The average Bonchev–Trinajstić information content (AvgIpc) is 2.84. The molecule has 1 saturated heterocycles. The minimum atomic E-state index is 0.317. The molecular formula is C13H25N3O. The largest absolute Gasteiger partial charge is 0.343 e. The van der Waals surface area contributed by atoms with E-state index in [9.17, 15) is 4.79 Å². The van der Waals surface area contributed by atoms with Crippen LogP contribution in [0.5, 0.6) is 0 Å². The molecular weight excluding hydrogens is 214 g/mol. The number of carbonyl (C=O) groups is 1. The van der Waals surface area contributed by atoms with E-state index in [1.807, 2.05) is 11.9 Å². The first-order valence-electron chi connectivity index (χ1n) is 6.85. The lowest BCUT2D eigenvalue weighted by molar-refractivity contribution is -0.133. The topological polar surface area (TPSA) is 35.6 Å². The number of piperazine rings is 1. The second kappa shape index (κ2) is 5.83. The first-order valence-corrected chi connectivity index (χ1v) is 6.85. The van der Waals surface area contributed by atoms with Gasteiger partial charge in [0.15, 0.2) is 0 Å². The van der Waals surface area contributed by atoms with Gasteiger partial charge in [-0.15, -0.1) is 0 Å². The van der Waals surface area contributed by atoms with Crippen molar-refractivity contribution in [1.29, 1.82) is 0 Å². The van der Waals surface area contributed by atoms with Gasteiger partial charge in [0.25, 0.3) is 0 Å². The molecule has 1 atom stereocenters. The zero-order valence-corrected chi connectivity index (χ0v) is 11.1. The maximum Gasteiger partial charge on any atom is 0.224 e. The normalized spacial score (nSPS) is 27.3. The standard InChI is InChI=1S/C13H25N3O/c1-15-8-7-14-10-12(15)9-13(17)16(2)11-5-3-4-6-11/h11-12,14H,3-10H2,1-2H3. The maximum absolute atomic E-state index is 12.2. The molecule has 1 aliphatic carbocycles. The third-order valence-corrected chi connectivity index (χ3v) is 4.32. The second-order valence-corrected chi connectivity index (χ2v) is 5.49. The molecule has 2 fully saturated rings. The lowest BCUT2D eigenvalue weighted by Crippen LogP contribution is -2.51. The molecule has 1 saturated carbocycles. The third-order valence-electron chi connectivity index (χ3n) is 4.32. The van der Waals surface area contributed by atoms with Gasteiger partial charge in [-0.25, -0.2) is 0 Å². The summed E-state index contributed by atoms with van der Waals surface area (Å²) in [4.78, 5) is 16.5. The van der Waals surface area contributed by atoms with E-state index in [2.05, 4.69) is 17.3 Å². The summed E-state index contributed by atoms with van der Waals surface area (Å²) in [6, 6.07) is 0.879. The molecule has 0 aromatic carbocycles. The molecule has 4 heteroatoms. The van der Waals surface area contributed by atoms with E-state index >= 15 is 0 Å². The van der Waals surface area contributed by atoms with Crippen molar-refractivity contribution in [2.24, 2.45) is 0 Å². The molecule has 1 heterocycles. The van der Waals surface area contributed by atoms with Crippen LogP contribution in [0.3, 0.4) is 0 Å². The molecule has 0 spiro atoms. The molecule has 1 N–H and O–H groups in total. The van der Waals surface area contributed by atoms with Crippen LogP contribution in [0.2, 0.25) is 0 Å². The predicted molar refractivity (Wildman–Crippen MR) is 68.9 cm³/mol. The molecule has 0 radical (unpaired) electrons. The molecule has 0 aromatic rings. The van der Waals surface area contributed by atoms with Gasteiger partial charge in [0.2, 0.25) is 5.91 Å². The molecule has 1 aliphatic heterocycles. The Morgan fingerprint density at radius 1 is 1.41 bits per heavy atom. The second-order valence-electron chi connectivity index (χ2n) is 5.49. The summed E-state index contributed by atoms with van der Waals surface area (Å²) >= 11 is 0. The summed E-state index contributed by atoms with van der Waals surface area (Å²) in [6.07, 6.45) is 5.62. The van der Waals surface area contributed by atoms with Crippen LogP contribution in [0.25, 0.3) is 0 Å². The van der Waals surface area contributed by atoms with Gasteiger partial charge in [-0.3, -0.25) is 4.79 Å². The summed E-state index contributed by atoms with van der Waals surface area (Å²) in [5, 5.41) is 3.37. The molecule has 0 bridgehead atoms. The Kier molecular flexibility index (Phi) is 4.40. The number of hydrogen-bond donors (Lipinski definition) is 1. The molecule has 4 nitrogen and oxygen atoms in total. The van der Waals surface area contributed by atoms with Crippen LogP contribution in [0.4, 0.5) is 0 Å². The Hall–Kier alpha value is -0.610. The van der Waals surface area contributed by atoms with Gasteiger partial charge in [-0.05, 0) is 19.9 Å². The van der Waals surface area contributed by atoms with Gasteiger partial charge in [-0.2, -0.15) is 0 Å². The Morgan fingerprint density at radius 2 is 2.12 bits per heavy atom. The highest BCUT2D eigenvalue weighted by molar-refractivity contribution is 5.77. The Morgan fingerprint density at radius 3 is 2.76 bits per heavy atom. The first kappa shape index (κ1) is 12.8. The quantitative estimate of drug-likeness (QED) is 0.787. The number of carbonyl (C=O) groups excluding carboxylic acids is 1. The summed E-state index contributed by atoms with van der Waals surface area (Å²) in [5.74, 6) is 0.317. The van der Waals surface area contributed by atoms with Crippen molar-refractivity contribution in [3.05, 3.63) is 0 Å². The molecule has 2 rings (SSSR count). The van der Waals surface area contributed by atoms with E-state index < -0.39 is 0 Å². The van der Waals surface area contributed by atoms with Gasteiger partial charge < -0.3 is 15.1 Å². The van der Waals surface area contributed by atoms with Crippen LogP contribution in [0.15, 0.2) is 0 Å². The summed E-state index contributed by atoms with van der Waals surface area (Å²) in [7, 11) is 4.10. The van der Waals surface area contributed by atoms with E-state index in [4.69, 9.17) is 0 Å². The van der Waals surface area contributed by atoms with Crippen LogP contribution in [0, 0.1) is 0 Å². The number of rotatable bonds is 3. The van der Waals surface area contributed by atoms with Crippen molar-refractivity contribution in [2.45, 2.75) is 44.2 Å². The average molecular weight is 239 g/mol. The van der Waals surface area contributed by atoms with Crippen molar-refractivity contribution in [3.63, 3.8) is 0 Å². The lowest BCUT2D eigenvalue weighted by Gasteiger charge is -2.34. The number of likely N-dealkylation sites (N-methyl/N-ethyl adjacent to an activating group) is 1. The number of nitrogens with zero attached hydrogens (tertiary/aromatic N) is 2. The zero-order valence-electron chi connectivity index (χ0n) is 11.1. The fourth-order valence-corrected chi connectivity index (χ4v) is 2.93. The molecule has 98 valence electrons. The van der Waals surface area contributed by atoms with Crippen LogP contribution in [-0.2, 0) is 4.79 Å². The van der Waals surface area contributed by atoms with Crippen molar-refractivity contribution in [3.8, 4) is 0 Å². The van der Waals surface area contributed by atoms with E-state index in [0.717, 1.165) is 19.6 Å².